The van der Waals surface area contributed by atoms with Gasteiger partial charge in [-0.2, -0.15) is 5.10 Å². The van der Waals surface area contributed by atoms with Crippen LogP contribution in [0.1, 0.15) is 32.5 Å². The van der Waals surface area contributed by atoms with Crippen LogP contribution in [0.2, 0.25) is 0 Å². The first-order valence-electron chi connectivity index (χ1n) is 6.67. The van der Waals surface area contributed by atoms with Crippen LogP contribution in [0.3, 0.4) is 0 Å². The van der Waals surface area contributed by atoms with E-state index in [1.165, 1.54) is 6.33 Å². The van der Waals surface area contributed by atoms with E-state index in [1.807, 2.05) is 13.8 Å². The number of H-pyrrole nitrogens is 1. The fourth-order valence-electron chi connectivity index (χ4n) is 1.82. The number of aromatic nitrogens is 3. The maximum Gasteiger partial charge on any atom is 0.312 e. The quantitative estimate of drug-likeness (QED) is 0.498. The molecular formula is C12H22N6O2. The molecule has 0 aliphatic carbocycles. The van der Waals surface area contributed by atoms with Crippen molar-refractivity contribution < 1.29 is 9.59 Å². The van der Waals surface area contributed by atoms with Gasteiger partial charge in [0.25, 0.3) is 0 Å². The van der Waals surface area contributed by atoms with Crippen LogP contribution in [0, 0.1) is 5.92 Å². The Labute approximate surface area is 117 Å². The van der Waals surface area contributed by atoms with Gasteiger partial charge in [0.15, 0.2) is 0 Å². The van der Waals surface area contributed by atoms with Gasteiger partial charge in [-0.05, 0) is 18.8 Å². The number of urea groups is 1. The number of nitrogens with two attached hydrogens (primary N) is 1. The number of primary amides is 1. The SMILES string of the molecule is CC(C)CC(NC(N)=O)C(=O)NCCCc1ncn[nH]1. The Hall–Kier alpha value is -2.12. The molecule has 0 aliphatic heterocycles. The Morgan fingerprint density at radius 1 is 1.45 bits per heavy atom. The Morgan fingerprint density at radius 3 is 2.75 bits per heavy atom. The molecule has 0 saturated carbocycles. The van der Waals surface area contributed by atoms with Crippen molar-refractivity contribution in [1.82, 2.24) is 25.8 Å². The maximum atomic E-state index is 12.0. The molecular weight excluding hydrogens is 260 g/mol. The van der Waals surface area contributed by atoms with E-state index in [1.54, 1.807) is 0 Å². The fourth-order valence-corrected chi connectivity index (χ4v) is 1.82. The molecule has 112 valence electrons. The molecule has 3 amide bonds. The van der Waals surface area contributed by atoms with E-state index in [9.17, 15) is 9.59 Å². The van der Waals surface area contributed by atoms with Gasteiger partial charge >= 0.3 is 6.03 Å². The molecule has 1 unspecified atom stereocenters. The van der Waals surface area contributed by atoms with E-state index >= 15 is 0 Å². The molecule has 0 aliphatic rings. The molecule has 1 aromatic heterocycles. The van der Waals surface area contributed by atoms with Gasteiger partial charge in [-0.25, -0.2) is 9.78 Å². The minimum Gasteiger partial charge on any atom is -0.354 e. The number of nitrogens with one attached hydrogen (secondary N) is 3. The van der Waals surface area contributed by atoms with Crippen molar-refractivity contribution in [3.05, 3.63) is 12.2 Å². The van der Waals surface area contributed by atoms with Gasteiger partial charge in [-0.3, -0.25) is 9.89 Å². The van der Waals surface area contributed by atoms with Crippen molar-refractivity contribution in [2.75, 3.05) is 6.54 Å². The zero-order chi connectivity index (χ0) is 15.0. The lowest BCUT2D eigenvalue weighted by molar-refractivity contribution is -0.123. The van der Waals surface area contributed by atoms with Gasteiger partial charge in [-0.15, -0.1) is 0 Å². The normalized spacial score (nSPS) is 12.2. The summed E-state index contributed by atoms with van der Waals surface area (Å²) in [6.45, 7) is 4.47. The summed E-state index contributed by atoms with van der Waals surface area (Å²) in [5.41, 5.74) is 5.08. The molecule has 0 saturated heterocycles. The number of carbonyl (C=O) groups excluding carboxylic acids is 2. The second-order valence-electron chi connectivity index (χ2n) is 5.02. The second-order valence-corrected chi connectivity index (χ2v) is 5.02. The Kier molecular flexibility index (Phi) is 6.48. The largest absolute Gasteiger partial charge is 0.354 e. The molecule has 5 N–H and O–H groups in total. The smallest absolute Gasteiger partial charge is 0.312 e. The van der Waals surface area contributed by atoms with Crippen LogP contribution < -0.4 is 16.4 Å². The molecule has 1 heterocycles. The van der Waals surface area contributed by atoms with Gasteiger partial charge in [0, 0.05) is 13.0 Å². The molecule has 0 spiro atoms. The average molecular weight is 282 g/mol. The number of carbonyl (C=O) groups is 2. The highest BCUT2D eigenvalue weighted by Crippen LogP contribution is 2.05. The third-order valence-corrected chi connectivity index (χ3v) is 2.69. The van der Waals surface area contributed by atoms with Crippen LogP contribution in [0.4, 0.5) is 4.79 Å². The van der Waals surface area contributed by atoms with E-state index in [0.717, 1.165) is 12.2 Å². The second kappa shape index (κ2) is 8.13. The highest BCUT2D eigenvalue weighted by atomic mass is 16.2. The van der Waals surface area contributed by atoms with Crippen molar-refractivity contribution in [3.63, 3.8) is 0 Å². The van der Waals surface area contributed by atoms with Crippen molar-refractivity contribution >= 4 is 11.9 Å². The van der Waals surface area contributed by atoms with E-state index in [-0.39, 0.29) is 11.8 Å². The van der Waals surface area contributed by atoms with Crippen LogP contribution in [-0.2, 0) is 11.2 Å². The predicted molar refractivity (Wildman–Crippen MR) is 73.7 cm³/mol. The number of aryl methyl sites for hydroxylation is 1. The maximum absolute atomic E-state index is 12.0. The molecule has 8 heteroatoms. The molecule has 0 radical (unpaired) electrons. The first kappa shape index (κ1) is 15.9. The summed E-state index contributed by atoms with van der Waals surface area (Å²) in [4.78, 5) is 26.8. The first-order valence-corrected chi connectivity index (χ1v) is 6.67. The minimum atomic E-state index is -0.688. The lowest BCUT2D eigenvalue weighted by Gasteiger charge is -2.18. The van der Waals surface area contributed by atoms with Gasteiger partial charge in [0.2, 0.25) is 5.91 Å². The number of aromatic amines is 1. The van der Waals surface area contributed by atoms with Gasteiger partial charge in [0.1, 0.15) is 18.2 Å². The zero-order valence-corrected chi connectivity index (χ0v) is 11.8. The van der Waals surface area contributed by atoms with Crippen molar-refractivity contribution in [3.8, 4) is 0 Å². The van der Waals surface area contributed by atoms with Gasteiger partial charge in [0.05, 0.1) is 0 Å². The standard InChI is InChI=1S/C12H22N6O2/c1-8(2)6-9(17-12(13)20)11(19)14-5-3-4-10-15-7-16-18-10/h7-9H,3-6H2,1-2H3,(H,14,19)(H3,13,17,20)(H,15,16,18). The van der Waals surface area contributed by atoms with E-state index in [4.69, 9.17) is 5.73 Å². The number of nitrogens with zero attached hydrogens (tertiary/aromatic N) is 2. The van der Waals surface area contributed by atoms with Crippen LogP contribution in [-0.4, -0.2) is 39.7 Å². The molecule has 8 nitrogen and oxygen atoms in total. The number of amides is 3. The van der Waals surface area contributed by atoms with Crippen molar-refractivity contribution in [2.24, 2.45) is 11.7 Å². The number of rotatable bonds is 8. The highest BCUT2D eigenvalue weighted by molar-refractivity contribution is 5.86. The van der Waals surface area contributed by atoms with E-state index in [0.29, 0.717) is 19.4 Å². The summed E-state index contributed by atoms with van der Waals surface area (Å²) in [5.74, 6) is 0.857. The van der Waals surface area contributed by atoms with Crippen molar-refractivity contribution in [2.45, 2.75) is 39.2 Å². The fraction of sp³-hybridized carbons (Fsp3) is 0.667. The highest BCUT2D eigenvalue weighted by Gasteiger charge is 2.20. The Morgan fingerprint density at radius 2 is 2.20 bits per heavy atom. The molecule has 1 aromatic rings. The monoisotopic (exact) mass is 282 g/mol. The summed E-state index contributed by atoms with van der Waals surface area (Å²) in [7, 11) is 0. The molecule has 0 bridgehead atoms. The van der Waals surface area contributed by atoms with E-state index in [2.05, 4.69) is 25.8 Å². The van der Waals surface area contributed by atoms with E-state index < -0.39 is 12.1 Å². The molecule has 0 fully saturated rings. The van der Waals surface area contributed by atoms with Crippen LogP contribution in [0.5, 0.6) is 0 Å². The lowest BCUT2D eigenvalue weighted by atomic mass is 10.0. The summed E-state index contributed by atoms with van der Waals surface area (Å²) >= 11 is 0. The minimum absolute atomic E-state index is 0.213. The number of hydrogen-bond acceptors (Lipinski definition) is 4. The zero-order valence-electron chi connectivity index (χ0n) is 11.8. The lowest BCUT2D eigenvalue weighted by Crippen LogP contribution is -2.49. The topological polar surface area (TPSA) is 126 Å². The summed E-state index contributed by atoms with van der Waals surface area (Å²) in [5, 5.41) is 11.7. The van der Waals surface area contributed by atoms with Crippen molar-refractivity contribution in [1.29, 1.82) is 0 Å². The Bertz CT molecular complexity index is 418. The molecule has 20 heavy (non-hydrogen) atoms. The Balaban J connectivity index is 2.31. The third kappa shape index (κ3) is 6.17. The first-order chi connectivity index (χ1) is 9.49. The summed E-state index contributed by atoms with van der Waals surface area (Å²) in [6, 6.07) is -1.27. The summed E-state index contributed by atoms with van der Waals surface area (Å²) < 4.78 is 0. The van der Waals surface area contributed by atoms with Gasteiger partial charge in [-0.1, -0.05) is 13.8 Å². The molecule has 1 rings (SSSR count). The average Bonchev–Trinajstić information content (AvgIpc) is 2.85. The van der Waals surface area contributed by atoms with Crippen LogP contribution >= 0.6 is 0 Å². The number of hydrogen-bond donors (Lipinski definition) is 4. The predicted octanol–water partition coefficient (Wildman–Crippen LogP) is -0.0635. The molecule has 1 atom stereocenters. The van der Waals surface area contributed by atoms with Gasteiger partial charge < -0.3 is 16.4 Å². The molecule has 0 aromatic carbocycles. The third-order valence-electron chi connectivity index (χ3n) is 2.69. The summed E-state index contributed by atoms with van der Waals surface area (Å²) in [6.07, 6.45) is 3.45. The van der Waals surface area contributed by atoms with Crippen LogP contribution in [0.25, 0.3) is 0 Å². The van der Waals surface area contributed by atoms with Crippen LogP contribution in [0.15, 0.2) is 6.33 Å².